The zero-order valence-corrected chi connectivity index (χ0v) is 13.5. The molecule has 1 aromatic carbocycles. The van der Waals surface area contributed by atoms with Crippen LogP contribution in [0.2, 0.25) is 0 Å². The number of halogens is 2. The minimum absolute atomic E-state index is 0.00651. The van der Waals surface area contributed by atoms with Crippen LogP contribution in [0.5, 0.6) is 0 Å². The van der Waals surface area contributed by atoms with Crippen molar-refractivity contribution >= 4 is 37.3 Å². The van der Waals surface area contributed by atoms with Gasteiger partial charge in [0.1, 0.15) is 5.82 Å². The maximum Gasteiger partial charge on any atom is 0.240 e. The second-order valence-electron chi connectivity index (χ2n) is 3.97. The number of rotatable bonds is 5. The van der Waals surface area contributed by atoms with Gasteiger partial charge in [-0.3, -0.25) is 0 Å². The van der Waals surface area contributed by atoms with Crippen LogP contribution in [0.1, 0.15) is 10.4 Å². The predicted octanol–water partition coefficient (Wildman–Crippen LogP) is 2.59. The third-order valence-corrected chi connectivity index (χ3v) is 5.99. The van der Waals surface area contributed by atoms with Crippen LogP contribution < -0.4 is 10.5 Å². The van der Waals surface area contributed by atoms with Gasteiger partial charge >= 0.3 is 0 Å². The second-order valence-corrected chi connectivity index (χ2v) is 7.60. The number of sulfonamides is 1. The molecule has 0 bridgehead atoms. The van der Waals surface area contributed by atoms with Gasteiger partial charge < -0.3 is 5.73 Å². The zero-order chi connectivity index (χ0) is 14.8. The highest BCUT2D eigenvalue weighted by molar-refractivity contribution is 9.10. The third-order valence-electron chi connectivity index (χ3n) is 2.66. The quantitative estimate of drug-likeness (QED) is 0.839. The molecule has 1 heterocycles. The van der Waals surface area contributed by atoms with E-state index in [9.17, 15) is 12.8 Å². The van der Waals surface area contributed by atoms with Crippen molar-refractivity contribution in [2.24, 2.45) is 5.73 Å². The number of hydrogen-bond donors (Lipinski definition) is 2. The van der Waals surface area contributed by atoms with Crippen molar-refractivity contribution in [1.82, 2.24) is 4.72 Å². The Morgan fingerprint density at radius 3 is 2.70 bits per heavy atom. The van der Waals surface area contributed by atoms with Crippen molar-refractivity contribution < 1.29 is 12.8 Å². The van der Waals surface area contributed by atoms with E-state index in [1.165, 1.54) is 23.5 Å². The van der Waals surface area contributed by atoms with E-state index in [-0.39, 0.29) is 23.5 Å². The molecule has 2 rings (SSSR count). The summed E-state index contributed by atoms with van der Waals surface area (Å²) in [6.07, 6.45) is 0. The molecular weight excluding hydrogens is 367 g/mol. The molecule has 8 heteroatoms. The molecule has 2 aromatic rings. The summed E-state index contributed by atoms with van der Waals surface area (Å²) in [6, 6.07) is 5.43. The van der Waals surface area contributed by atoms with E-state index in [0.717, 1.165) is 15.4 Å². The fourth-order valence-corrected chi connectivity index (χ4v) is 4.14. The maximum atomic E-state index is 13.3. The lowest BCUT2D eigenvalue weighted by atomic mass is 10.2. The molecule has 0 spiro atoms. The highest BCUT2D eigenvalue weighted by Gasteiger charge is 2.16. The van der Waals surface area contributed by atoms with Gasteiger partial charge in [0.05, 0.1) is 4.90 Å². The zero-order valence-electron chi connectivity index (χ0n) is 10.3. The summed E-state index contributed by atoms with van der Waals surface area (Å²) in [5.74, 6) is -0.507. The molecule has 0 saturated heterocycles. The topological polar surface area (TPSA) is 72.2 Å². The molecule has 0 atom stereocenters. The van der Waals surface area contributed by atoms with Gasteiger partial charge in [-0.15, -0.1) is 11.3 Å². The first-order valence-electron chi connectivity index (χ1n) is 5.64. The monoisotopic (exact) mass is 378 g/mol. The van der Waals surface area contributed by atoms with Gasteiger partial charge in [-0.05, 0) is 45.6 Å². The van der Waals surface area contributed by atoms with E-state index in [1.54, 1.807) is 0 Å². The number of nitrogens with two attached hydrogens (primary N) is 1. The third kappa shape index (κ3) is 3.44. The minimum atomic E-state index is -3.69. The Hall–Kier alpha value is -0.800. The van der Waals surface area contributed by atoms with Crippen LogP contribution in [0.15, 0.2) is 39.0 Å². The van der Waals surface area contributed by atoms with Crippen molar-refractivity contribution in [3.8, 4) is 0 Å². The van der Waals surface area contributed by atoms with Crippen molar-refractivity contribution in [3.63, 3.8) is 0 Å². The van der Waals surface area contributed by atoms with Gasteiger partial charge in [-0.2, -0.15) is 0 Å². The van der Waals surface area contributed by atoms with Crippen molar-refractivity contribution in [3.05, 3.63) is 50.4 Å². The molecule has 0 aliphatic heterocycles. The Balaban J connectivity index is 2.20. The van der Waals surface area contributed by atoms with Crippen LogP contribution >= 0.6 is 27.3 Å². The van der Waals surface area contributed by atoms with Crippen LogP contribution in [-0.4, -0.2) is 8.42 Å². The first-order valence-corrected chi connectivity index (χ1v) is 8.79. The molecule has 0 unspecified atom stereocenters. The smallest absolute Gasteiger partial charge is 0.240 e. The van der Waals surface area contributed by atoms with Crippen molar-refractivity contribution in [1.29, 1.82) is 0 Å². The first-order chi connectivity index (χ1) is 9.44. The van der Waals surface area contributed by atoms with Crippen LogP contribution in [0.4, 0.5) is 4.39 Å². The lowest BCUT2D eigenvalue weighted by Crippen LogP contribution is -2.23. The largest absolute Gasteiger partial charge is 0.326 e. The summed E-state index contributed by atoms with van der Waals surface area (Å²) in [5, 5.41) is 1.86. The highest BCUT2D eigenvalue weighted by atomic mass is 79.9. The van der Waals surface area contributed by atoms with Crippen LogP contribution in [0.25, 0.3) is 0 Å². The van der Waals surface area contributed by atoms with Gasteiger partial charge in [0.15, 0.2) is 0 Å². The van der Waals surface area contributed by atoms with Gasteiger partial charge in [0.25, 0.3) is 0 Å². The van der Waals surface area contributed by atoms with Crippen molar-refractivity contribution in [2.75, 3.05) is 0 Å². The average Bonchev–Trinajstić information content (AvgIpc) is 2.82. The Labute approximate surface area is 129 Å². The van der Waals surface area contributed by atoms with E-state index >= 15 is 0 Å². The Bertz CT molecular complexity index is 716. The van der Waals surface area contributed by atoms with Gasteiger partial charge in [0.2, 0.25) is 10.0 Å². The summed E-state index contributed by atoms with van der Waals surface area (Å²) in [4.78, 5) is 0.877. The predicted molar refractivity (Wildman–Crippen MR) is 80.3 cm³/mol. The lowest BCUT2D eigenvalue weighted by Gasteiger charge is -2.08. The van der Waals surface area contributed by atoms with E-state index < -0.39 is 15.8 Å². The number of benzene rings is 1. The minimum Gasteiger partial charge on any atom is -0.326 e. The van der Waals surface area contributed by atoms with Crippen LogP contribution in [0.3, 0.4) is 0 Å². The molecule has 0 radical (unpaired) electrons. The molecule has 0 amide bonds. The molecule has 20 heavy (non-hydrogen) atoms. The summed E-state index contributed by atoms with van der Waals surface area (Å²) in [6.45, 7) is 0.127. The van der Waals surface area contributed by atoms with E-state index in [4.69, 9.17) is 5.73 Å². The van der Waals surface area contributed by atoms with Crippen LogP contribution in [-0.2, 0) is 23.1 Å². The van der Waals surface area contributed by atoms with Gasteiger partial charge in [-0.25, -0.2) is 17.5 Å². The fraction of sp³-hybridized carbons (Fsp3) is 0.167. The molecule has 3 N–H and O–H groups in total. The molecule has 0 saturated carbocycles. The summed E-state index contributed by atoms with van der Waals surface area (Å²) in [7, 11) is -3.69. The van der Waals surface area contributed by atoms with E-state index in [1.807, 2.05) is 11.4 Å². The number of thiophene rings is 1. The average molecular weight is 379 g/mol. The van der Waals surface area contributed by atoms with Gasteiger partial charge in [0, 0.05) is 28.0 Å². The van der Waals surface area contributed by atoms with E-state index in [0.29, 0.717) is 0 Å². The molecule has 1 aromatic heterocycles. The Morgan fingerprint density at radius 1 is 1.35 bits per heavy atom. The number of hydrogen-bond acceptors (Lipinski definition) is 4. The second kappa shape index (κ2) is 6.31. The van der Waals surface area contributed by atoms with E-state index in [2.05, 4.69) is 20.7 Å². The number of nitrogens with one attached hydrogen (secondary N) is 1. The molecule has 0 fully saturated rings. The molecular formula is C12H12BrFN2O2S2. The lowest BCUT2D eigenvalue weighted by molar-refractivity contribution is 0.579. The SMILES string of the molecule is NCc1cc(S(=O)(=O)NCc2sccc2Br)ccc1F. The normalized spacial score (nSPS) is 11.8. The molecule has 4 nitrogen and oxygen atoms in total. The van der Waals surface area contributed by atoms with Crippen LogP contribution in [0, 0.1) is 5.82 Å². The maximum absolute atomic E-state index is 13.3. The molecule has 108 valence electrons. The molecule has 0 aliphatic carbocycles. The highest BCUT2D eigenvalue weighted by Crippen LogP contribution is 2.23. The fourth-order valence-electron chi connectivity index (χ4n) is 1.57. The summed E-state index contributed by atoms with van der Waals surface area (Å²) >= 11 is 4.77. The first kappa shape index (κ1) is 15.6. The Kier molecular flexibility index (Phi) is 4.92. The summed E-state index contributed by atoms with van der Waals surface area (Å²) in [5.41, 5.74) is 5.55. The summed E-state index contributed by atoms with van der Waals surface area (Å²) < 4.78 is 40.9. The standard InChI is InChI=1S/C12H12BrFN2O2S2/c13-10-3-4-19-12(10)7-16-20(17,18)9-1-2-11(14)8(5-9)6-15/h1-5,16H,6-7,15H2. The van der Waals surface area contributed by atoms with Gasteiger partial charge in [-0.1, -0.05) is 0 Å². The molecule has 0 aliphatic rings. The van der Waals surface area contributed by atoms with Crippen molar-refractivity contribution in [2.45, 2.75) is 18.0 Å². The Morgan fingerprint density at radius 2 is 2.10 bits per heavy atom.